The predicted octanol–water partition coefficient (Wildman–Crippen LogP) is 3.66. The molecule has 0 aliphatic heterocycles. The molecule has 2 rings (SSSR count). The third-order valence-electron chi connectivity index (χ3n) is 2.68. The van der Waals surface area contributed by atoms with E-state index in [4.69, 9.17) is 5.21 Å². The van der Waals surface area contributed by atoms with Crippen LogP contribution in [0.1, 0.15) is 28.5 Å². The van der Waals surface area contributed by atoms with E-state index in [2.05, 4.69) is 31.4 Å². The molecule has 0 saturated carbocycles. The molecule has 2 aromatic rings. The van der Waals surface area contributed by atoms with Gasteiger partial charge in [-0.1, -0.05) is 21.1 Å². The number of oxime groups is 1. The summed E-state index contributed by atoms with van der Waals surface area (Å²) in [5.41, 5.74) is 2.42. The fraction of sp³-hybridized carbons (Fsp3) is 0.154. The molecule has 7 heteroatoms. The van der Waals surface area contributed by atoms with Gasteiger partial charge in [0.2, 0.25) is 0 Å². The van der Waals surface area contributed by atoms with Crippen LogP contribution in [0.25, 0.3) is 0 Å². The largest absolute Gasteiger partial charge is 0.411 e. The van der Waals surface area contributed by atoms with E-state index in [0.717, 1.165) is 10.0 Å². The molecule has 0 atom stereocenters. The van der Waals surface area contributed by atoms with Crippen molar-refractivity contribution in [1.29, 1.82) is 0 Å². The molecule has 0 spiro atoms. The number of aromatic nitrogens is 1. The number of aryl methyl sites for hydroxylation is 1. The van der Waals surface area contributed by atoms with Crippen molar-refractivity contribution in [3.63, 3.8) is 0 Å². The minimum atomic E-state index is -0.213. The van der Waals surface area contributed by atoms with Gasteiger partial charge in [0.15, 0.2) is 5.13 Å². The molecule has 1 heterocycles. The van der Waals surface area contributed by atoms with Crippen molar-refractivity contribution >= 4 is 44.0 Å². The van der Waals surface area contributed by atoms with E-state index in [-0.39, 0.29) is 5.91 Å². The molecule has 0 fully saturated rings. The lowest BCUT2D eigenvalue weighted by molar-refractivity contribution is 0.102. The number of nitrogens with zero attached hydrogens (tertiary/aromatic N) is 2. The molecule has 5 nitrogen and oxygen atoms in total. The number of amides is 1. The Bertz CT molecular complexity index is 682. The maximum atomic E-state index is 12.2. The van der Waals surface area contributed by atoms with Gasteiger partial charge in [-0.05, 0) is 37.6 Å². The summed E-state index contributed by atoms with van der Waals surface area (Å²) in [6.45, 7) is 3.51. The Labute approximate surface area is 128 Å². The van der Waals surface area contributed by atoms with Gasteiger partial charge < -0.3 is 5.21 Å². The van der Waals surface area contributed by atoms with Crippen LogP contribution in [0.5, 0.6) is 0 Å². The highest BCUT2D eigenvalue weighted by molar-refractivity contribution is 9.10. The third-order valence-corrected chi connectivity index (χ3v) is 3.93. The van der Waals surface area contributed by atoms with Crippen molar-refractivity contribution in [3.05, 3.63) is 44.9 Å². The van der Waals surface area contributed by atoms with Gasteiger partial charge in [0.1, 0.15) is 11.4 Å². The third kappa shape index (κ3) is 3.23. The van der Waals surface area contributed by atoms with E-state index in [0.29, 0.717) is 22.1 Å². The molecule has 0 aliphatic rings. The average Bonchev–Trinajstić information content (AvgIpc) is 2.86. The number of benzene rings is 1. The number of carbonyl (C=O) groups excluding carboxylic acids is 1. The predicted molar refractivity (Wildman–Crippen MR) is 82.9 cm³/mol. The number of hydrogen-bond donors (Lipinski definition) is 2. The average molecular weight is 354 g/mol. The second-order valence-corrected chi connectivity index (χ2v) is 5.91. The number of anilines is 1. The summed E-state index contributed by atoms with van der Waals surface area (Å²) in [6.07, 6.45) is 0. The number of hydrogen-bond acceptors (Lipinski definition) is 5. The number of nitrogens with one attached hydrogen (secondary N) is 1. The number of rotatable bonds is 3. The monoisotopic (exact) mass is 353 g/mol. The molecule has 1 aromatic heterocycles. The summed E-state index contributed by atoms with van der Waals surface area (Å²) in [6, 6.07) is 5.45. The van der Waals surface area contributed by atoms with Gasteiger partial charge in [-0.15, -0.1) is 11.3 Å². The Morgan fingerprint density at radius 1 is 1.50 bits per heavy atom. The highest BCUT2D eigenvalue weighted by atomic mass is 79.9. The van der Waals surface area contributed by atoms with Gasteiger partial charge >= 0.3 is 0 Å². The molecule has 2 N–H and O–H groups in total. The number of carbonyl (C=O) groups is 1. The first-order valence-electron chi connectivity index (χ1n) is 5.73. The molecular formula is C13H12BrN3O2S. The van der Waals surface area contributed by atoms with Gasteiger partial charge in [-0.3, -0.25) is 10.1 Å². The first-order valence-corrected chi connectivity index (χ1v) is 7.40. The van der Waals surface area contributed by atoms with E-state index in [1.54, 1.807) is 18.4 Å². The van der Waals surface area contributed by atoms with Gasteiger partial charge in [0.25, 0.3) is 5.91 Å². The molecule has 0 bridgehead atoms. The maximum Gasteiger partial charge on any atom is 0.257 e. The van der Waals surface area contributed by atoms with Gasteiger partial charge in [-0.25, -0.2) is 4.98 Å². The van der Waals surface area contributed by atoms with Crippen LogP contribution in [0.15, 0.2) is 33.2 Å². The van der Waals surface area contributed by atoms with Crippen molar-refractivity contribution < 1.29 is 10.0 Å². The second-order valence-electron chi connectivity index (χ2n) is 4.14. The zero-order valence-corrected chi connectivity index (χ0v) is 13.2. The van der Waals surface area contributed by atoms with E-state index in [1.807, 2.05) is 19.1 Å². The standard InChI is InChI=1S/C13H12BrN3O2S/c1-7-5-9(14)3-4-10(7)12(18)16-13-15-11(6-20-13)8(2)17-19/h3-6,19H,1-2H3,(H,15,16,18). The summed E-state index contributed by atoms with van der Waals surface area (Å²) in [7, 11) is 0. The van der Waals surface area contributed by atoms with Crippen LogP contribution in [0, 0.1) is 6.92 Å². The zero-order chi connectivity index (χ0) is 14.7. The van der Waals surface area contributed by atoms with Crippen LogP contribution in [0.4, 0.5) is 5.13 Å². The lowest BCUT2D eigenvalue weighted by atomic mass is 10.1. The molecule has 20 heavy (non-hydrogen) atoms. The van der Waals surface area contributed by atoms with Gasteiger partial charge in [-0.2, -0.15) is 0 Å². The summed E-state index contributed by atoms with van der Waals surface area (Å²) < 4.78 is 0.929. The van der Waals surface area contributed by atoms with E-state index in [9.17, 15) is 4.79 Å². The molecule has 0 saturated heterocycles. The van der Waals surface area contributed by atoms with Crippen molar-refractivity contribution in [2.75, 3.05) is 5.32 Å². The summed E-state index contributed by atoms with van der Waals surface area (Å²) in [4.78, 5) is 16.3. The zero-order valence-electron chi connectivity index (χ0n) is 10.8. The Morgan fingerprint density at radius 2 is 2.25 bits per heavy atom. The Balaban J connectivity index is 2.17. The summed E-state index contributed by atoms with van der Waals surface area (Å²) in [5.74, 6) is -0.213. The van der Waals surface area contributed by atoms with Crippen molar-refractivity contribution in [2.45, 2.75) is 13.8 Å². The van der Waals surface area contributed by atoms with Crippen molar-refractivity contribution in [2.24, 2.45) is 5.16 Å². The molecule has 1 amide bonds. The Morgan fingerprint density at radius 3 is 2.90 bits per heavy atom. The van der Waals surface area contributed by atoms with E-state index >= 15 is 0 Å². The molecule has 0 radical (unpaired) electrons. The fourth-order valence-corrected chi connectivity index (χ4v) is 2.82. The van der Waals surface area contributed by atoms with E-state index < -0.39 is 0 Å². The second kappa shape index (κ2) is 6.15. The van der Waals surface area contributed by atoms with Crippen molar-refractivity contribution in [3.8, 4) is 0 Å². The van der Waals surface area contributed by atoms with Gasteiger partial charge in [0, 0.05) is 15.4 Å². The number of halogens is 1. The first-order chi connectivity index (χ1) is 9.51. The lowest BCUT2D eigenvalue weighted by Crippen LogP contribution is -2.13. The van der Waals surface area contributed by atoms with Crippen LogP contribution < -0.4 is 5.32 Å². The lowest BCUT2D eigenvalue weighted by Gasteiger charge is -2.05. The molecule has 104 valence electrons. The normalized spacial score (nSPS) is 11.4. The highest BCUT2D eigenvalue weighted by Gasteiger charge is 2.12. The summed E-state index contributed by atoms with van der Waals surface area (Å²) >= 11 is 4.64. The van der Waals surface area contributed by atoms with Crippen LogP contribution in [-0.2, 0) is 0 Å². The first kappa shape index (κ1) is 14.7. The Hall–Kier alpha value is -1.73. The molecule has 0 aliphatic carbocycles. The molecule has 0 unspecified atom stereocenters. The van der Waals surface area contributed by atoms with Gasteiger partial charge in [0.05, 0.1) is 0 Å². The fourth-order valence-electron chi connectivity index (χ4n) is 1.59. The molecule has 1 aromatic carbocycles. The summed E-state index contributed by atoms with van der Waals surface area (Å²) in [5, 5.41) is 16.7. The van der Waals surface area contributed by atoms with Crippen molar-refractivity contribution in [1.82, 2.24) is 4.98 Å². The minimum absolute atomic E-state index is 0.213. The topological polar surface area (TPSA) is 74.6 Å². The van der Waals surface area contributed by atoms with Crippen LogP contribution in [-0.4, -0.2) is 21.8 Å². The maximum absolute atomic E-state index is 12.2. The number of thiazole rings is 1. The molecular weight excluding hydrogens is 342 g/mol. The van der Waals surface area contributed by atoms with Crippen LogP contribution in [0.3, 0.4) is 0 Å². The van der Waals surface area contributed by atoms with Crippen LogP contribution >= 0.6 is 27.3 Å². The van der Waals surface area contributed by atoms with E-state index in [1.165, 1.54) is 11.3 Å². The minimum Gasteiger partial charge on any atom is -0.411 e. The Kier molecular flexibility index (Phi) is 4.51. The quantitative estimate of drug-likeness (QED) is 0.502. The SMILES string of the molecule is CC(=NO)c1csc(NC(=O)c2ccc(Br)cc2C)n1. The smallest absolute Gasteiger partial charge is 0.257 e. The van der Waals surface area contributed by atoms with Crippen LogP contribution in [0.2, 0.25) is 0 Å². The highest BCUT2D eigenvalue weighted by Crippen LogP contribution is 2.20.